The van der Waals surface area contributed by atoms with Gasteiger partial charge in [0.15, 0.2) is 0 Å². The van der Waals surface area contributed by atoms with Crippen molar-refractivity contribution in [2.75, 3.05) is 7.11 Å². The molecule has 0 aliphatic rings. The average Bonchev–Trinajstić information content (AvgIpc) is 2.47. The largest absolute Gasteiger partial charge is 0.478 e. The topological polar surface area (TPSA) is 76.5 Å². The Morgan fingerprint density at radius 3 is 2.65 bits per heavy atom. The highest BCUT2D eigenvalue weighted by Crippen LogP contribution is 2.28. The standard InChI is InChI=1S/C14H11NO4S/c1-19-14(18)12-8-11(5-6-15-12)20-10-4-2-3-9(7-10)13(16)17/h2-8H,1H3,(H,16,17). The van der Waals surface area contributed by atoms with Crippen LogP contribution in [-0.4, -0.2) is 29.1 Å². The number of pyridine rings is 1. The first kappa shape index (κ1) is 14.1. The van der Waals surface area contributed by atoms with Crippen molar-refractivity contribution < 1.29 is 19.4 Å². The molecule has 2 aromatic rings. The molecular weight excluding hydrogens is 278 g/mol. The number of nitrogens with zero attached hydrogens (tertiary/aromatic N) is 1. The Labute approximate surface area is 119 Å². The van der Waals surface area contributed by atoms with E-state index in [-0.39, 0.29) is 11.3 Å². The van der Waals surface area contributed by atoms with E-state index in [1.807, 2.05) is 0 Å². The zero-order valence-corrected chi connectivity index (χ0v) is 11.4. The maximum atomic E-state index is 11.4. The molecule has 20 heavy (non-hydrogen) atoms. The van der Waals surface area contributed by atoms with E-state index in [0.29, 0.717) is 0 Å². The molecule has 0 unspecified atom stereocenters. The molecule has 1 aromatic carbocycles. The van der Waals surface area contributed by atoms with Crippen LogP contribution in [-0.2, 0) is 4.74 Å². The van der Waals surface area contributed by atoms with Crippen molar-refractivity contribution in [1.82, 2.24) is 4.98 Å². The van der Waals surface area contributed by atoms with Crippen LogP contribution in [0.5, 0.6) is 0 Å². The number of rotatable bonds is 4. The van der Waals surface area contributed by atoms with E-state index in [4.69, 9.17) is 5.11 Å². The molecule has 0 saturated carbocycles. The molecule has 0 bridgehead atoms. The van der Waals surface area contributed by atoms with E-state index >= 15 is 0 Å². The molecule has 1 aromatic heterocycles. The van der Waals surface area contributed by atoms with Crippen LogP contribution < -0.4 is 0 Å². The highest BCUT2D eigenvalue weighted by molar-refractivity contribution is 7.99. The number of hydrogen-bond donors (Lipinski definition) is 1. The summed E-state index contributed by atoms with van der Waals surface area (Å²) in [5.74, 6) is -1.48. The summed E-state index contributed by atoms with van der Waals surface area (Å²) >= 11 is 1.35. The fraction of sp³-hybridized carbons (Fsp3) is 0.0714. The van der Waals surface area contributed by atoms with Gasteiger partial charge in [0.2, 0.25) is 0 Å². The van der Waals surface area contributed by atoms with Gasteiger partial charge in [0.05, 0.1) is 12.7 Å². The molecule has 0 spiro atoms. The van der Waals surface area contributed by atoms with Gasteiger partial charge < -0.3 is 9.84 Å². The van der Waals surface area contributed by atoms with E-state index in [1.165, 1.54) is 31.1 Å². The fourth-order valence-electron chi connectivity index (χ4n) is 1.52. The predicted molar refractivity (Wildman–Crippen MR) is 73.1 cm³/mol. The normalized spacial score (nSPS) is 10.1. The van der Waals surface area contributed by atoms with Crippen molar-refractivity contribution in [3.05, 3.63) is 53.9 Å². The number of carbonyl (C=O) groups excluding carboxylic acids is 1. The summed E-state index contributed by atoms with van der Waals surface area (Å²) in [7, 11) is 1.29. The number of carboxylic acids is 1. The Kier molecular flexibility index (Phi) is 4.37. The second-order valence-corrected chi connectivity index (χ2v) is 4.95. The van der Waals surface area contributed by atoms with Crippen molar-refractivity contribution in [2.24, 2.45) is 0 Å². The van der Waals surface area contributed by atoms with Crippen molar-refractivity contribution >= 4 is 23.7 Å². The highest BCUT2D eigenvalue weighted by atomic mass is 32.2. The number of aromatic carboxylic acids is 1. The monoisotopic (exact) mass is 289 g/mol. The zero-order valence-electron chi connectivity index (χ0n) is 10.6. The SMILES string of the molecule is COC(=O)c1cc(Sc2cccc(C(=O)O)c2)ccn1. The minimum atomic E-state index is -0.975. The molecule has 0 atom stereocenters. The van der Waals surface area contributed by atoms with Gasteiger partial charge in [-0.1, -0.05) is 17.8 Å². The van der Waals surface area contributed by atoms with Crippen LogP contribution in [0.3, 0.4) is 0 Å². The molecule has 1 N–H and O–H groups in total. The maximum absolute atomic E-state index is 11.4. The molecule has 0 fully saturated rings. The number of ether oxygens (including phenoxy) is 1. The summed E-state index contributed by atoms with van der Waals surface area (Å²) in [6, 6.07) is 9.92. The summed E-state index contributed by atoms with van der Waals surface area (Å²) in [5, 5.41) is 8.94. The molecule has 0 radical (unpaired) electrons. The molecule has 0 saturated heterocycles. The van der Waals surface area contributed by atoms with Crippen molar-refractivity contribution in [2.45, 2.75) is 9.79 Å². The van der Waals surface area contributed by atoms with Crippen LogP contribution in [0.15, 0.2) is 52.4 Å². The quantitative estimate of drug-likeness (QED) is 0.872. The number of esters is 1. The second-order valence-electron chi connectivity index (χ2n) is 3.80. The molecule has 0 aliphatic heterocycles. The van der Waals surface area contributed by atoms with Gasteiger partial charge in [0, 0.05) is 16.0 Å². The number of carboxylic acid groups (broad SMARTS) is 1. The van der Waals surface area contributed by atoms with E-state index in [9.17, 15) is 9.59 Å². The first-order valence-corrected chi connectivity index (χ1v) is 6.47. The van der Waals surface area contributed by atoms with Crippen LogP contribution in [0.1, 0.15) is 20.8 Å². The molecule has 0 amide bonds. The third-order valence-electron chi connectivity index (χ3n) is 2.44. The lowest BCUT2D eigenvalue weighted by Gasteiger charge is -2.04. The Bertz CT molecular complexity index is 657. The molecule has 5 nitrogen and oxygen atoms in total. The molecule has 0 aliphatic carbocycles. The second kappa shape index (κ2) is 6.21. The minimum Gasteiger partial charge on any atom is -0.478 e. The summed E-state index contributed by atoms with van der Waals surface area (Å²) in [4.78, 5) is 27.8. The zero-order chi connectivity index (χ0) is 14.5. The first-order chi connectivity index (χ1) is 9.60. The van der Waals surface area contributed by atoms with E-state index in [0.717, 1.165) is 9.79 Å². The average molecular weight is 289 g/mol. The maximum Gasteiger partial charge on any atom is 0.356 e. The Hall–Kier alpha value is -2.34. The van der Waals surface area contributed by atoms with E-state index in [2.05, 4.69) is 9.72 Å². The number of hydrogen-bond acceptors (Lipinski definition) is 5. The summed E-state index contributed by atoms with van der Waals surface area (Å²) in [6.45, 7) is 0. The fourth-order valence-corrected chi connectivity index (χ4v) is 2.42. The number of benzene rings is 1. The number of carbonyl (C=O) groups is 2. The van der Waals surface area contributed by atoms with Crippen LogP contribution >= 0.6 is 11.8 Å². The van der Waals surface area contributed by atoms with E-state index < -0.39 is 11.9 Å². The third-order valence-corrected chi connectivity index (χ3v) is 3.42. The van der Waals surface area contributed by atoms with Crippen LogP contribution in [0.25, 0.3) is 0 Å². The van der Waals surface area contributed by atoms with Gasteiger partial charge in [-0.05, 0) is 30.3 Å². The minimum absolute atomic E-state index is 0.215. The van der Waals surface area contributed by atoms with Gasteiger partial charge >= 0.3 is 11.9 Å². The van der Waals surface area contributed by atoms with Gasteiger partial charge in [-0.15, -0.1) is 0 Å². The third kappa shape index (κ3) is 3.36. The van der Waals surface area contributed by atoms with Crippen molar-refractivity contribution in [3.63, 3.8) is 0 Å². The predicted octanol–water partition coefficient (Wildman–Crippen LogP) is 2.72. The van der Waals surface area contributed by atoms with E-state index in [1.54, 1.807) is 30.3 Å². The highest BCUT2D eigenvalue weighted by Gasteiger charge is 2.09. The molecule has 6 heteroatoms. The first-order valence-electron chi connectivity index (χ1n) is 5.66. The Morgan fingerprint density at radius 2 is 1.95 bits per heavy atom. The van der Waals surface area contributed by atoms with Gasteiger partial charge in [-0.3, -0.25) is 0 Å². The van der Waals surface area contributed by atoms with Crippen LogP contribution in [0.4, 0.5) is 0 Å². The van der Waals surface area contributed by atoms with Crippen LogP contribution in [0, 0.1) is 0 Å². The van der Waals surface area contributed by atoms with Gasteiger partial charge in [0.1, 0.15) is 5.69 Å². The smallest absolute Gasteiger partial charge is 0.356 e. The summed E-state index contributed by atoms with van der Waals surface area (Å²) < 4.78 is 4.60. The lowest BCUT2D eigenvalue weighted by Crippen LogP contribution is -2.03. The molecule has 2 rings (SSSR count). The van der Waals surface area contributed by atoms with Gasteiger partial charge in [-0.2, -0.15) is 0 Å². The van der Waals surface area contributed by atoms with Crippen molar-refractivity contribution in [1.29, 1.82) is 0 Å². The summed E-state index contributed by atoms with van der Waals surface area (Å²) in [6.07, 6.45) is 1.51. The number of aromatic nitrogens is 1. The molecule has 1 heterocycles. The van der Waals surface area contributed by atoms with Crippen molar-refractivity contribution in [3.8, 4) is 0 Å². The Morgan fingerprint density at radius 1 is 1.20 bits per heavy atom. The Balaban J connectivity index is 2.24. The number of methoxy groups -OCH3 is 1. The lowest BCUT2D eigenvalue weighted by atomic mass is 10.2. The summed E-state index contributed by atoms with van der Waals surface area (Å²) in [5.41, 5.74) is 0.434. The van der Waals surface area contributed by atoms with Crippen LogP contribution in [0.2, 0.25) is 0 Å². The lowest BCUT2D eigenvalue weighted by molar-refractivity contribution is 0.0593. The van der Waals surface area contributed by atoms with Gasteiger partial charge in [0.25, 0.3) is 0 Å². The molecular formula is C14H11NO4S. The van der Waals surface area contributed by atoms with Gasteiger partial charge in [-0.25, -0.2) is 14.6 Å². The molecule has 102 valence electrons.